The fraction of sp³-hybridized carbons (Fsp3) is 0.857. The lowest BCUT2D eigenvalue weighted by molar-refractivity contribution is -0.141. The molecule has 0 spiro atoms. The smallest absolute Gasteiger partial charge is 0.229 e. The van der Waals surface area contributed by atoms with E-state index in [-0.39, 0.29) is 17.7 Å². The first-order valence-electron chi connectivity index (χ1n) is 14.6. The van der Waals surface area contributed by atoms with Crippen LogP contribution in [0.15, 0.2) is 15.1 Å². The van der Waals surface area contributed by atoms with Crippen LogP contribution < -0.4 is 5.32 Å². The summed E-state index contributed by atoms with van der Waals surface area (Å²) in [5.74, 6) is 2.52. The first kappa shape index (κ1) is 23.6. The Hall–Kier alpha value is -1.76. The van der Waals surface area contributed by atoms with Gasteiger partial charge < -0.3 is 4.90 Å². The number of carbonyl (C=O) groups excluding carboxylic acids is 1. The van der Waals surface area contributed by atoms with E-state index in [2.05, 4.69) is 39.6 Å². The van der Waals surface area contributed by atoms with Crippen LogP contribution in [0, 0.1) is 29.1 Å². The van der Waals surface area contributed by atoms with Gasteiger partial charge in [-0.05, 0) is 57.3 Å². The van der Waals surface area contributed by atoms with Gasteiger partial charge in [0.05, 0.1) is 5.41 Å². The minimum Gasteiger partial charge on any atom is -0.342 e. The van der Waals surface area contributed by atoms with E-state index in [4.69, 9.17) is 10.1 Å². The molecule has 35 heavy (non-hydrogen) atoms. The lowest BCUT2D eigenvalue weighted by Crippen LogP contribution is -2.54. The van der Waals surface area contributed by atoms with Crippen molar-refractivity contribution in [3.8, 4) is 0 Å². The highest BCUT2D eigenvalue weighted by atomic mass is 16.2. The molecule has 0 aromatic rings. The number of fused-ring (bicyclic) bond motifs is 1. The van der Waals surface area contributed by atoms with Gasteiger partial charge in [-0.1, -0.05) is 26.2 Å². The van der Waals surface area contributed by atoms with Crippen molar-refractivity contribution in [2.24, 2.45) is 44.2 Å². The molecule has 6 aliphatic rings. The summed E-state index contributed by atoms with van der Waals surface area (Å²) < 4.78 is 0. The van der Waals surface area contributed by atoms with Gasteiger partial charge in [0.15, 0.2) is 0 Å². The number of likely N-dealkylation sites (tertiary alicyclic amines) is 1. The molecule has 0 aromatic carbocycles. The molecule has 1 amide bonds. The maximum Gasteiger partial charge on any atom is 0.229 e. The zero-order chi connectivity index (χ0) is 23.8. The molecule has 0 radical (unpaired) electrons. The highest BCUT2D eigenvalue weighted by Crippen LogP contribution is 2.57. The van der Waals surface area contributed by atoms with Crippen LogP contribution in [0.5, 0.6) is 0 Å². The summed E-state index contributed by atoms with van der Waals surface area (Å²) in [7, 11) is 0. The molecule has 2 aliphatic carbocycles. The Morgan fingerprint density at radius 1 is 1.06 bits per heavy atom. The molecule has 4 heterocycles. The van der Waals surface area contributed by atoms with Gasteiger partial charge in [-0.3, -0.25) is 25.1 Å². The largest absolute Gasteiger partial charge is 0.342 e. The number of amides is 1. The van der Waals surface area contributed by atoms with Gasteiger partial charge in [-0.15, -0.1) is 0 Å². The van der Waals surface area contributed by atoms with Gasteiger partial charge in [0.2, 0.25) is 5.91 Å². The second kappa shape index (κ2) is 9.95. The maximum absolute atomic E-state index is 13.6. The molecule has 7 heteroatoms. The quantitative estimate of drug-likeness (QED) is 0.622. The second-order valence-corrected chi connectivity index (χ2v) is 12.2. The average molecular weight is 481 g/mol. The van der Waals surface area contributed by atoms with Crippen molar-refractivity contribution in [3.63, 3.8) is 0 Å². The molecule has 0 bridgehead atoms. The molecule has 192 valence electrons. The SMILES string of the molecule is CC1C=NN2C(NCC3C=NCCC3)CC(C3CCN(C(=O)C4(C5CCCCC5)CC4)CC3)=NC12. The average Bonchev–Trinajstić information content (AvgIpc) is 3.65. The lowest BCUT2D eigenvalue weighted by Gasteiger charge is -2.42. The van der Waals surface area contributed by atoms with Gasteiger partial charge in [-0.2, -0.15) is 5.10 Å². The normalized spacial score (nSPS) is 35.2. The third-order valence-electron chi connectivity index (χ3n) is 9.85. The third-order valence-corrected chi connectivity index (χ3v) is 9.85. The summed E-state index contributed by atoms with van der Waals surface area (Å²) in [5, 5.41) is 10.8. The van der Waals surface area contributed by atoms with Gasteiger partial charge in [-0.25, -0.2) is 0 Å². The molecular weight excluding hydrogens is 436 g/mol. The zero-order valence-electron chi connectivity index (χ0n) is 21.6. The van der Waals surface area contributed by atoms with E-state index in [9.17, 15) is 4.79 Å². The van der Waals surface area contributed by atoms with Crippen LogP contribution in [0.3, 0.4) is 0 Å². The molecular formula is C28H44N6O. The molecule has 2 saturated carbocycles. The highest BCUT2D eigenvalue weighted by molar-refractivity contribution is 5.89. The van der Waals surface area contributed by atoms with Crippen molar-refractivity contribution < 1.29 is 4.79 Å². The number of hydrogen-bond donors (Lipinski definition) is 1. The molecule has 3 fully saturated rings. The minimum absolute atomic E-state index is 0.0180. The first-order valence-corrected chi connectivity index (χ1v) is 14.6. The molecule has 4 atom stereocenters. The summed E-state index contributed by atoms with van der Waals surface area (Å²) in [6.07, 6.45) is 18.9. The van der Waals surface area contributed by atoms with Crippen LogP contribution in [-0.2, 0) is 4.79 Å². The van der Waals surface area contributed by atoms with Gasteiger partial charge >= 0.3 is 0 Å². The number of hydrogen-bond acceptors (Lipinski definition) is 6. The Balaban J connectivity index is 1.07. The van der Waals surface area contributed by atoms with Crippen molar-refractivity contribution in [1.82, 2.24) is 15.2 Å². The molecule has 4 unspecified atom stereocenters. The van der Waals surface area contributed by atoms with Crippen LogP contribution in [0.2, 0.25) is 0 Å². The van der Waals surface area contributed by atoms with E-state index in [1.165, 1.54) is 50.7 Å². The van der Waals surface area contributed by atoms with E-state index in [0.717, 1.165) is 58.3 Å². The van der Waals surface area contributed by atoms with Crippen LogP contribution in [-0.4, -0.2) is 72.5 Å². The van der Waals surface area contributed by atoms with E-state index < -0.39 is 0 Å². The van der Waals surface area contributed by atoms with E-state index in [1.807, 2.05) is 0 Å². The van der Waals surface area contributed by atoms with E-state index in [0.29, 0.717) is 29.6 Å². The van der Waals surface area contributed by atoms with Gasteiger partial charge in [0.1, 0.15) is 12.3 Å². The standard InChI is InChI=1S/C28H44N6O/c1-20-17-31-34-25(30-19-21-6-5-13-29-18-21)16-24(32-26(20)34)22-9-14-33(15-10-22)27(35)28(11-12-28)23-7-3-2-4-8-23/h17-18,20-23,25-26,30H,2-16,19H2,1H3. The Morgan fingerprint density at radius 2 is 1.86 bits per heavy atom. The number of rotatable bonds is 6. The van der Waals surface area contributed by atoms with Crippen molar-refractivity contribution >= 4 is 24.0 Å². The monoisotopic (exact) mass is 480 g/mol. The fourth-order valence-electron chi connectivity index (χ4n) is 7.46. The van der Waals surface area contributed by atoms with Crippen LogP contribution in [0.4, 0.5) is 0 Å². The number of nitrogens with one attached hydrogen (secondary N) is 1. The van der Waals surface area contributed by atoms with Crippen molar-refractivity contribution in [2.45, 2.75) is 96.3 Å². The Labute approximate surface area is 210 Å². The maximum atomic E-state index is 13.6. The Kier molecular flexibility index (Phi) is 6.72. The van der Waals surface area contributed by atoms with Crippen molar-refractivity contribution in [2.75, 3.05) is 26.2 Å². The molecule has 1 saturated heterocycles. The predicted octanol–water partition coefficient (Wildman–Crippen LogP) is 4.09. The highest BCUT2D eigenvalue weighted by Gasteiger charge is 2.56. The number of aliphatic imine (C=N–C) groups is 2. The van der Waals surface area contributed by atoms with Gasteiger partial charge in [0.25, 0.3) is 0 Å². The summed E-state index contributed by atoms with van der Waals surface area (Å²) >= 11 is 0. The fourth-order valence-corrected chi connectivity index (χ4v) is 7.46. The first-order chi connectivity index (χ1) is 17.1. The van der Waals surface area contributed by atoms with Gasteiger partial charge in [0, 0.05) is 68.5 Å². The number of hydrazone groups is 1. The number of nitrogens with zero attached hydrogens (tertiary/aromatic N) is 5. The summed E-state index contributed by atoms with van der Waals surface area (Å²) in [6, 6.07) is 0. The summed E-state index contributed by atoms with van der Waals surface area (Å²) in [5.41, 5.74) is 1.38. The molecule has 1 N–H and O–H groups in total. The van der Waals surface area contributed by atoms with Crippen LogP contribution >= 0.6 is 0 Å². The Morgan fingerprint density at radius 3 is 2.57 bits per heavy atom. The van der Waals surface area contributed by atoms with E-state index >= 15 is 0 Å². The van der Waals surface area contributed by atoms with Crippen molar-refractivity contribution in [1.29, 1.82) is 0 Å². The number of carbonyl (C=O) groups is 1. The topological polar surface area (TPSA) is 72.7 Å². The molecule has 4 aliphatic heterocycles. The molecule has 0 aromatic heterocycles. The lowest BCUT2D eigenvalue weighted by atomic mass is 9.76. The summed E-state index contributed by atoms with van der Waals surface area (Å²) in [6.45, 7) is 6.00. The van der Waals surface area contributed by atoms with Crippen LogP contribution in [0.25, 0.3) is 0 Å². The Bertz CT molecular complexity index is 865. The summed E-state index contributed by atoms with van der Waals surface area (Å²) in [4.78, 5) is 25.6. The number of piperidine rings is 1. The zero-order valence-corrected chi connectivity index (χ0v) is 21.6. The molecule has 7 nitrogen and oxygen atoms in total. The second-order valence-electron chi connectivity index (χ2n) is 12.2. The third kappa shape index (κ3) is 4.70. The predicted molar refractivity (Wildman–Crippen MR) is 141 cm³/mol. The van der Waals surface area contributed by atoms with E-state index in [1.54, 1.807) is 0 Å². The molecule has 6 rings (SSSR count). The minimum atomic E-state index is 0.0180. The van der Waals surface area contributed by atoms with Crippen molar-refractivity contribution in [3.05, 3.63) is 0 Å². The van der Waals surface area contributed by atoms with Crippen LogP contribution in [0.1, 0.15) is 84.0 Å².